The first kappa shape index (κ1) is 9.06. The molecule has 1 aliphatic heterocycles. The van der Waals surface area contributed by atoms with E-state index in [1.807, 2.05) is 24.3 Å². The Hall–Kier alpha value is -1.51. The van der Waals surface area contributed by atoms with Gasteiger partial charge in [-0.3, -0.25) is 4.79 Å². The molecular weight excluding hydrogens is 180 g/mol. The van der Waals surface area contributed by atoms with E-state index in [1.165, 1.54) is 0 Å². The SMILES string of the molecule is COc1ccc([C@@H]2COC(=O)C2)cc1. The number of ether oxygens (including phenoxy) is 2. The summed E-state index contributed by atoms with van der Waals surface area (Å²) in [6.07, 6.45) is 0.492. The van der Waals surface area contributed by atoms with E-state index < -0.39 is 0 Å². The Morgan fingerprint density at radius 3 is 2.57 bits per heavy atom. The molecule has 0 amide bonds. The molecule has 0 aliphatic carbocycles. The Bertz CT molecular complexity index is 329. The zero-order valence-electron chi connectivity index (χ0n) is 8.03. The first-order valence-electron chi connectivity index (χ1n) is 4.59. The van der Waals surface area contributed by atoms with Crippen LogP contribution in [0.3, 0.4) is 0 Å². The van der Waals surface area contributed by atoms with E-state index in [0.717, 1.165) is 11.3 Å². The zero-order valence-corrected chi connectivity index (χ0v) is 8.03. The maximum Gasteiger partial charge on any atom is 0.306 e. The average Bonchev–Trinajstić information content (AvgIpc) is 2.65. The first-order valence-corrected chi connectivity index (χ1v) is 4.59. The quantitative estimate of drug-likeness (QED) is 0.669. The minimum absolute atomic E-state index is 0.106. The molecule has 1 aromatic carbocycles. The lowest BCUT2D eigenvalue weighted by molar-refractivity contribution is -0.137. The highest BCUT2D eigenvalue weighted by atomic mass is 16.5. The number of carbonyl (C=O) groups is 1. The maximum absolute atomic E-state index is 10.9. The van der Waals surface area contributed by atoms with Gasteiger partial charge in [-0.05, 0) is 17.7 Å². The van der Waals surface area contributed by atoms with Gasteiger partial charge in [0.1, 0.15) is 5.75 Å². The first-order chi connectivity index (χ1) is 6.79. The third kappa shape index (κ3) is 1.71. The predicted molar refractivity (Wildman–Crippen MR) is 51.3 cm³/mol. The summed E-state index contributed by atoms with van der Waals surface area (Å²) in [7, 11) is 1.64. The van der Waals surface area contributed by atoms with Gasteiger partial charge in [-0.1, -0.05) is 12.1 Å². The number of carbonyl (C=O) groups excluding carboxylic acids is 1. The fraction of sp³-hybridized carbons (Fsp3) is 0.364. The normalized spacial score (nSPS) is 20.6. The summed E-state index contributed by atoms with van der Waals surface area (Å²) in [4.78, 5) is 10.9. The molecule has 0 bridgehead atoms. The van der Waals surface area contributed by atoms with Crippen LogP contribution in [0.5, 0.6) is 5.75 Å². The van der Waals surface area contributed by atoms with Crippen LogP contribution >= 0.6 is 0 Å². The fourth-order valence-corrected chi connectivity index (χ4v) is 1.60. The molecule has 1 fully saturated rings. The molecule has 0 spiro atoms. The third-order valence-electron chi connectivity index (χ3n) is 2.45. The molecule has 1 aliphatic rings. The van der Waals surface area contributed by atoms with E-state index in [9.17, 15) is 4.79 Å². The van der Waals surface area contributed by atoms with E-state index in [4.69, 9.17) is 9.47 Å². The number of hydrogen-bond acceptors (Lipinski definition) is 3. The second-order valence-corrected chi connectivity index (χ2v) is 3.36. The number of benzene rings is 1. The second kappa shape index (κ2) is 3.70. The topological polar surface area (TPSA) is 35.5 Å². The molecule has 1 saturated heterocycles. The monoisotopic (exact) mass is 192 g/mol. The van der Waals surface area contributed by atoms with Crippen molar-refractivity contribution in [1.82, 2.24) is 0 Å². The van der Waals surface area contributed by atoms with Crippen LogP contribution in [0.25, 0.3) is 0 Å². The number of methoxy groups -OCH3 is 1. The van der Waals surface area contributed by atoms with Gasteiger partial charge in [0.15, 0.2) is 0 Å². The van der Waals surface area contributed by atoms with Gasteiger partial charge in [-0.15, -0.1) is 0 Å². The molecule has 0 radical (unpaired) electrons. The summed E-state index contributed by atoms with van der Waals surface area (Å²) < 4.78 is 9.96. The van der Waals surface area contributed by atoms with E-state index >= 15 is 0 Å². The smallest absolute Gasteiger partial charge is 0.306 e. The third-order valence-corrected chi connectivity index (χ3v) is 2.45. The van der Waals surface area contributed by atoms with Crippen molar-refractivity contribution in [2.24, 2.45) is 0 Å². The van der Waals surface area contributed by atoms with Gasteiger partial charge in [0.25, 0.3) is 0 Å². The van der Waals surface area contributed by atoms with E-state index in [-0.39, 0.29) is 11.9 Å². The molecule has 0 saturated carbocycles. The van der Waals surface area contributed by atoms with Crippen LogP contribution in [0.1, 0.15) is 17.9 Å². The summed E-state index contributed by atoms with van der Waals surface area (Å²) in [6, 6.07) is 7.76. The second-order valence-electron chi connectivity index (χ2n) is 3.36. The molecule has 0 N–H and O–H groups in total. The number of esters is 1. The number of cyclic esters (lactones) is 1. The summed E-state index contributed by atoms with van der Waals surface area (Å²) in [5.74, 6) is 0.943. The van der Waals surface area contributed by atoms with Crippen molar-refractivity contribution < 1.29 is 14.3 Å². The highest BCUT2D eigenvalue weighted by Gasteiger charge is 2.24. The lowest BCUT2D eigenvalue weighted by atomic mass is 9.98. The van der Waals surface area contributed by atoms with Crippen LogP contribution in [0.2, 0.25) is 0 Å². The molecule has 0 aromatic heterocycles. The van der Waals surface area contributed by atoms with Gasteiger partial charge in [-0.2, -0.15) is 0 Å². The number of hydrogen-bond donors (Lipinski definition) is 0. The van der Waals surface area contributed by atoms with Crippen LogP contribution in [0.4, 0.5) is 0 Å². The Morgan fingerprint density at radius 1 is 1.36 bits per heavy atom. The summed E-state index contributed by atoms with van der Waals surface area (Å²) in [5, 5.41) is 0. The van der Waals surface area contributed by atoms with Gasteiger partial charge in [0.05, 0.1) is 20.1 Å². The van der Waals surface area contributed by atoms with Crippen molar-refractivity contribution in [3.63, 3.8) is 0 Å². The van der Waals surface area contributed by atoms with E-state index in [1.54, 1.807) is 7.11 Å². The Balaban J connectivity index is 2.13. The molecule has 3 nitrogen and oxygen atoms in total. The van der Waals surface area contributed by atoms with Crippen LogP contribution in [-0.2, 0) is 9.53 Å². The van der Waals surface area contributed by atoms with Crippen LogP contribution < -0.4 is 4.74 Å². The van der Waals surface area contributed by atoms with Crippen LogP contribution in [-0.4, -0.2) is 19.7 Å². The van der Waals surface area contributed by atoms with Crippen LogP contribution in [0.15, 0.2) is 24.3 Å². The van der Waals surface area contributed by atoms with Crippen molar-refractivity contribution in [1.29, 1.82) is 0 Å². The molecule has 2 rings (SSSR count). The van der Waals surface area contributed by atoms with Crippen molar-refractivity contribution in [2.75, 3.05) is 13.7 Å². The highest BCUT2D eigenvalue weighted by Crippen LogP contribution is 2.27. The molecule has 0 unspecified atom stereocenters. The fourth-order valence-electron chi connectivity index (χ4n) is 1.60. The highest BCUT2D eigenvalue weighted by molar-refractivity contribution is 5.72. The van der Waals surface area contributed by atoms with Gasteiger partial charge in [0.2, 0.25) is 0 Å². The van der Waals surface area contributed by atoms with Gasteiger partial charge in [-0.25, -0.2) is 0 Å². The summed E-state index contributed by atoms with van der Waals surface area (Å²) in [5.41, 5.74) is 1.14. The van der Waals surface area contributed by atoms with Crippen molar-refractivity contribution in [2.45, 2.75) is 12.3 Å². The van der Waals surface area contributed by atoms with Crippen molar-refractivity contribution >= 4 is 5.97 Å². The van der Waals surface area contributed by atoms with Crippen molar-refractivity contribution in [3.05, 3.63) is 29.8 Å². The largest absolute Gasteiger partial charge is 0.497 e. The van der Waals surface area contributed by atoms with E-state index in [2.05, 4.69) is 0 Å². The zero-order chi connectivity index (χ0) is 9.97. The lowest BCUT2D eigenvalue weighted by Crippen LogP contribution is -1.97. The van der Waals surface area contributed by atoms with Gasteiger partial charge >= 0.3 is 5.97 Å². The predicted octanol–water partition coefficient (Wildman–Crippen LogP) is 1.73. The van der Waals surface area contributed by atoms with Crippen molar-refractivity contribution in [3.8, 4) is 5.75 Å². The van der Waals surface area contributed by atoms with Gasteiger partial charge in [0, 0.05) is 5.92 Å². The van der Waals surface area contributed by atoms with Crippen LogP contribution in [0, 0.1) is 0 Å². The summed E-state index contributed by atoms with van der Waals surface area (Å²) >= 11 is 0. The molecule has 74 valence electrons. The lowest BCUT2D eigenvalue weighted by Gasteiger charge is -2.06. The minimum atomic E-state index is -0.106. The molecule has 1 atom stereocenters. The Kier molecular flexibility index (Phi) is 2.39. The standard InChI is InChI=1S/C11H12O3/c1-13-10-4-2-8(3-5-10)9-6-11(12)14-7-9/h2-5,9H,6-7H2,1H3/t9-/m0/s1. The molecule has 1 heterocycles. The molecule has 1 aromatic rings. The maximum atomic E-state index is 10.9. The molecule has 3 heteroatoms. The summed E-state index contributed by atoms with van der Waals surface area (Å²) in [6.45, 7) is 0.505. The molecular formula is C11H12O3. The minimum Gasteiger partial charge on any atom is -0.497 e. The average molecular weight is 192 g/mol. The number of rotatable bonds is 2. The Labute approximate surface area is 82.6 Å². The van der Waals surface area contributed by atoms with E-state index in [0.29, 0.717) is 13.0 Å². The Morgan fingerprint density at radius 2 is 2.07 bits per heavy atom. The van der Waals surface area contributed by atoms with Gasteiger partial charge < -0.3 is 9.47 Å². The molecule has 14 heavy (non-hydrogen) atoms.